The van der Waals surface area contributed by atoms with Crippen molar-refractivity contribution in [3.8, 4) is 11.5 Å². The Hall–Kier alpha value is -1.51. The SMILES string of the molecule is CCN1CCOC(c2noc(-c3c(C)nsc3NC)n2)C1. The zero-order chi connectivity index (χ0) is 14.8. The van der Waals surface area contributed by atoms with Crippen molar-refractivity contribution >= 4 is 16.5 Å². The fourth-order valence-corrected chi connectivity index (χ4v) is 3.14. The predicted octanol–water partition coefficient (Wildman–Crippen LogP) is 1.94. The maximum absolute atomic E-state index is 5.76. The highest BCUT2D eigenvalue weighted by Gasteiger charge is 2.27. The van der Waals surface area contributed by atoms with E-state index in [1.165, 1.54) is 11.5 Å². The molecule has 2 aromatic heterocycles. The van der Waals surface area contributed by atoms with E-state index in [1.54, 1.807) is 0 Å². The highest BCUT2D eigenvalue weighted by molar-refractivity contribution is 7.10. The van der Waals surface area contributed by atoms with E-state index in [2.05, 4.69) is 31.7 Å². The van der Waals surface area contributed by atoms with Crippen molar-refractivity contribution in [3.05, 3.63) is 11.5 Å². The number of rotatable bonds is 4. The molecule has 1 unspecified atom stereocenters. The van der Waals surface area contributed by atoms with Crippen LogP contribution in [0.25, 0.3) is 11.5 Å². The lowest BCUT2D eigenvalue weighted by Crippen LogP contribution is -2.38. The lowest BCUT2D eigenvalue weighted by molar-refractivity contribution is -0.0334. The molecule has 8 heteroatoms. The topological polar surface area (TPSA) is 76.3 Å². The van der Waals surface area contributed by atoms with E-state index in [1.807, 2.05) is 14.0 Å². The zero-order valence-corrected chi connectivity index (χ0v) is 13.2. The third-order valence-corrected chi connectivity index (χ3v) is 4.59. The number of likely N-dealkylation sites (N-methyl/N-ethyl adjacent to an activating group) is 1. The molecule has 3 heterocycles. The van der Waals surface area contributed by atoms with Gasteiger partial charge < -0.3 is 14.6 Å². The van der Waals surface area contributed by atoms with Gasteiger partial charge in [0.2, 0.25) is 5.82 Å². The molecule has 1 aliphatic rings. The molecule has 1 saturated heterocycles. The van der Waals surface area contributed by atoms with Crippen LogP contribution in [0.2, 0.25) is 0 Å². The Labute approximate surface area is 127 Å². The third kappa shape index (κ3) is 2.78. The standard InChI is InChI=1S/C13H19N5O2S/c1-4-18-5-6-19-9(7-18)11-15-12(20-16-11)10-8(2)17-21-13(10)14-3/h9,14H,4-7H2,1-3H3. The van der Waals surface area contributed by atoms with Crippen LogP contribution in [0.4, 0.5) is 5.00 Å². The quantitative estimate of drug-likeness (QED) is 0.924. The fourth-order valence-electron chi connectivity index (χ4n) is 2.41. The Balaban J connectivity index is 1.84. The molecule has 1 N–H and O–H groups in total. The molecule has 114 valence electrons. The van der Waals surface area contributed by atoms with Crippen molar-refractivity contribution in [1.29, 1.82) is 0 Å². The summed E-state index contributed by atoms with van der Waals surface area (Å²) in [7, 11) is 1.86. The molecule has 7 nitrogen and oxygen atoms in total. The van der Waals surface area contributed by atoms with E-state index in [-0.39, 0.29) is 6.10 Å². The van der Waals surface area contributed by atoms with E-state index < -0.39 is 0 Å². The average molecular weight is 309 g/mol. The van der Waals surface area contributed by atoms with E-state index in [9.17, 15) is 0 Å². The lowest BCUT2D eigenvalue weighted by atomic mass is 10.2. The van der Waals surface area contributed by atoms with Crippen LogP contribution in [0.15, 0.2) is 4.52 Å². The van der Waals surface area contributed by atoms with Gasteiger partial charge in [-0.05, 0) is 25.0 Å². The molecule has 1 aliphatic heterocycles. The zero-order valence-electron chi connectivity index (χ0n) is 12.4. The number of aromatic nitrogens is 3. The van der Waals surface area contributed by atoms with Crippen LogP contribution in [0.3, 0.4) is 0 Å². The summed E-state index contributed by atoms with van der Waals surface area (Å²) < 4.78 is 15.5. The first-order valence-corrected chi connectivity index (χ1v) is 7.82. The van der Waals surface area contributed by atoms with Gasteiger partial charge in [-0.1, -0.05) is 12.1 Å². The van der Waals surface area contributed by atoms with Gasteiger partial charge in [-0.2, -0.15) is 9.36 Å². The first-order valence-electron chi connectivity index (χ1n) is 7.04. The second kappa shape index (κ2) is 6.08. The Bertz CT molecular complexity index is 611. The number of ether oxygens (including phenoxy) is 1. The van der Waals surface area contributed by atoms with Gasteiger partial charge in [0.1, 0.15) is 11.1 Å². The summed E-state index contributed by atoms with van der Waals surface area (Å²) in [6.45, 7) is 7.53. The largest absolute Gasteiger partial charge is 0.378 e. The molecule has 0 radical (unpaired) electrons. The predicted molar refractivity (Wildman–Crippen MR) is 80.5 cm³/mol. The molecule has 0 saturated carbocycles. The van der Waals surface area contributed by atoms with Crippen molar-refractivity contribution in [3.63, 3.8) is 0 Å². The van der Waals surface area contributed by atoms with Crippen molar-refractivity contribution in [2.24, 2.45) is 0 Å². The maximum atomic E-state index is 5.76. The molecular formula is C13H19N5O2S. The number of aryl methyl sites for hydroxylation is 1. The van der Waals surface area contributed by atoms with Crippen molar-refractivity contribution in [2.75, 3.05) is 38.6 Å². The van der Waals surface area contributed by atoms with Gasteiger partial charge in [-0.3, -0.25) is 4.90 Å². The van der Waals surface area contributed by atoms with Crippen LogP contribution in [0.5, 0.6) is 0 Å². The van der Waals surface area contributed by atoms with Crippen molar-refractivity contribution in [1.82, 2.24) is 19.4 Å². The van der Waals surface area contributed by atoms with E-state index >= 15 is 0 Å². The van der Waals surface area contributed by atoms with Crippen LogP contribution in [0, 0.1) is 6.92 Å². The average Bonchev–Trinajstić information content (AvgIpc) is 3.13. The Kier molecular flexibility index (Phi) is 4.18. The molecule has 3 rings (SSSR count). The van der Waals surface area contributed by atoms with E-state index in [0.29, 0.717) is 18.3 Å². The molecule has 1 atom stereocenters. The van der Waals surface area contributed by atoms with Crippen LogP contribution in [0.1, 0.15) is 24.5 Å². The van der Waals surface area contributed by atoms with Gasteiger partial charge in [0.25, 0.3) is 5.89 Å². The van der Waals surface area contributed by atoms with Gasteiger partial charge in [0, 0.05) is 20.1 Å². The van der Waals surface area contributed by atoms with Crippen LogP contribution < -0.4 is 5.32 Å². The van der Waals surface area contributed by atoms with E-state index in [4.69, 9.17) is 9.26 Å². The van der Waals surface area contributed by atoms with Gasteiger partial charge in [-0.25, -0.2) is 0 Å². The highest BCUT2D eigenvalue weighted by atomic mass is 32.1. The molecule has 1 fully saturated rings. The smallest absolute Gasteiger partial charge is 0.262 e. The molecule has 0 amide bonds. The number of nitrogens with one attached hydrogen (secondary N) is 1. The number of anilines is 1. The summed E-state index contributed by atoms with van der Waals surface area (Å²) in [5.41, 5.74) is 1.77. The molecule has 0 aromatic carbocycles. The Morgan fingerprint density at radius 3 is 3.10 bits per heavy atom. The summed E-state index contributed by atoms with van der Waals surface area (Å²) in [4.78, 5) is 6.83. The van der Waals surface area contributed by atoms with Crippen molar-refractivity contribution < 1.29 is 9.26 Å². The van der Waals surface area contributed by atoms with Gasteiger partial charge >= 0.3 is 0 Å². The van der Waals surface area contributed by atoms with Gasteiger partial charge in [-0.15, -0.1) is 0 Å². The second-order valence-corrected chi connectivity index (χ2v) is 5.71. The van der Waals surface area contributed by atoms with E-state index in [0.717, 1.165) is 35.9 Å². The molecule has 0 spiro atoms. The molecule has 0 aliphatic carbocycles. The molecular weight excluding hydrogens is 290 g/mol. The summed E-state index contributed by atoms with van der Waals surface area (Å²) in [6, 6.07) is 0. The lowest BCUT2D eigenvalue weighted by Gasteiger charge is -2.30. The monoisotopic (exact) mass is 309 g/mol. The van der Waals surface area contributed by atoms with Crippen LogP contribution in [-0.4, -0.2) is 52.7 Å². The summed E-state index contributed by atoms with van der Waals surface area (Å²) in [6.07, 6.45) is -0.124. The minimum atomic E-state index is -0.124. The minimum absolute atomic E-state index is 0.124. The van der Waals surface area contributed by atoms with Crippen LogP contribution >= 0.6 is 11.5 Å². The molecule has 2 aromatic rings. The normalized spacial score (nSPS) is 19.9. The summed E-state index contributed by atoms with van der Waals surface area (Å²) in [5, 5.41) is 8.13. The van der Waals surface area contributed by atoms with Crippen LogP contribution in [-0.2, 0) is 4.74 Å². The summed E-state index contributed by atoms with van der Waals surface area (Å²) in [5.74, 6) is 1.11. The number of nitrogens with zero attached hydrogens (tertiary/aromatic N) is 4. The number of hydrogen-bond donors (Lipinski definition) is 1. The highest BCUT2D eigenvalue weighted by Crippen LogP contribution is 2.34. The first kappa shape index (κ1) is 14.4. The number of hydrogen-bond acceptors (Lipinski definition) is 8. The minimum Gasteiger partial charge on any atom is -0.378 e. The van der Waals surface area contributed by atoms with Gasteiger partial charge in [0.05, 0.1) is 17.9 Å². The fraction of sp³-hybridized carbons (Fsp3) is 0.615. The number of morpholine rings is 1. The second-order valence-electron chi connectivity index (χ2n) is 4.93. The molecule has 21 heavy (non-hydrogen) atoms. The first-order chi connectivity index (χ1) is 10.2. The maximum Gasteiger partial charge on any atom is 0.262 e. The third-order valence-electron chi connectivity index (χ3n) is 3.63. The van der Waals surface area contributed by atoms with Crippen molar-refractivity contribution in [2.45, 2.75) is 20.0 Å². The van der Waals surface area contributed by atoms with Gasteiger partial charge in [0.15, 0.2) is 0 Å². The molecule has 0 bridgehead atoms. The summed E-state index contributed by atoms with van der Waals surface area (Å²) >= 11 is 1.39. The Morgan fingerprint density at radius 1 is 1.48 bits per heavy atom. The Morgan fingerprint density at radius 2 is 2.33 bits per heavy atom.